The van der Waals surface area contributed by atoms with Gasteiger partial charge in [-0.25, -0.2) is 10.9 Å². The number of benzene rings is 2. The van der Waals surface area contributed by atoms with Gasteiger partial charge >= 0.3 is 7.12 Å². The summed E-state index contributed by atoms with van der Waals surface area (Å²) in [6.07, 6.45) is 1.36. The molecule has 0 heterocycles. The monoisotopic (exact) mass is 327 g/mol. The molecule has 122 valence electrons. The Labute approximate surface area is 137 Å². The fraction of sp³-hybridized carbons (Fsp3) is 0. The molecule has 5 N–H and O–H groups in total. The standard InChI is InChI=1S/C15H14BN3O5/c20-14(11-4-6-12(7-5-11)15(21)19-24)18-17-9-10-2-1-3-13(8-10)16(22)23/h1-9,22-24H,(H,18,20)(H,19,21)/b17-9+. The first kappa shape index (κ1) is 17.4. The maximum absolute atomic E-state index is 11.9. The van der Waals surface area contributed by atoms with Gasteiger partial charge in [0, 0.05) is 11.1 Å². The zero-order chi connectivity index (χ0) is 17.5. The van der Waals surface area contributed by atoms with Crippen LogP contribution in [0.5, 0.6) is 0 Å². The second-order valence-electron chi connectivity index (χ2n) is 4.76. The van der Waals surface area contributed by atoms with E-state index in [0.717, 1.165) is 0 Å². The highest BCUT2D eigenvalue weighted by molar-refractivity contribution is 6.58. The van der Waals surface area contributed by atoms with E-state index in [1.165, 1.54) is 42.0 Å². The van der Waals surface area contributed by atoms with Crippen LogP contribution in [0.1, 0.15) is 26.3 Å². The van der Waals surface area contributed by atoms with Gasteiger partial charge in [-0.3, -0.25) is 14.8 Å². The molecule has 0 spiro atoms. The summed E-state index contributed by atoms with van der Waals surface area (Å²) >= 11 is 0. The number of carbonyl (C=O) groups excluding carboxylic acids is 2. The molecular formula is C15H14BN3O5. The molecule has 24 heavy (non-hydrogen) atoms. The lowest BCUT2D eigenvalue weighted by molar-refractivity contribution is 0.0706. The zero-order valence-corrected chi connectivity index (χ0v) is 12.4. The first-order valence-electron chi connectivity index (χ1n) is 6.85. The number of nitrogens with one attached hydrogen (secondary N) is 2. The van der Waals surface area contributed by atoms with Gasteiger partial charge in [0.15, 0.2) is 0 Å². The molecule has 2 amide bonds. The van der Waals surface area contributed by atoms with Crippen molar-refractivity contribution in [2.24, 2.45) is 5.10 Å². The Morgan fingerprint density at radius 2 is 1.62 bits per heavy atom. The summed E-state index contributed by atoms with van der Waals surface area (Å²) in [5.41, 5.74) is 5.18. The fourth-order valence-corrected chi connectivity index (χ4v) is 1.87. The predicted molar refractivity (Wildman–Crippen MR) is 87.0 cm³/mol. The lowest BCUT2D eigenvalue weighted by Crippen LogP contribution is -2.29. The molecule has 0 bridgehead atoms. The molecule has 9 heteroatoms. The van der Waals surface area contributed by atoms with Gasteiger partial charge < -0.3 is 10.0 Å². The summed E-state index contributed by atoms with van der Waals surface area (Å²) in [7, 11) is -1.58. The molecular weight excluding hydrogens is 313 g/mol. The highest BCUT2D eigenvalue weighted by Crippen LogP contribution is 2.04. The highest BCUT2D eigenvalue weighted by atomic mass is 16.5. The second kappa shape index (κ2) is 8.02. The summed E-state index contributed by atoms with van der Waals surface area (Å²) in [5.74, 6) is -1.16. The van der Waals surface area contributed by atoms with E-state index < -0.39 is 18.9 Å². The average molecular weight is 327 g/mol. The third-order valence-corrected chi connectivity index (χ3v) is 3.10. The molecule has 0 aliphatic carbocycles. The molecule has 0 saturated heterocycles. The first-order chi connectivity index (χ1) is 11.5. The third-order valence-electron chi connectivity index (χ3n) is 3.10. The fourth-order valence-electron chi connectivity index (χ4n) is 1.87. The molecule has 0 atom stereocenters. The summed E-state index contributed by atoms with van der Waals surface area (Å²) < 4.78 is 0. The van der Waals surface area contributed by atoms with E-state index in [2.05, 4.69) is 10.5 Å². The highest BCUT2D eigenvalue weighted by Gasteiger charge is 2.10. The summed E-state index contributed by atoms with van der Waals surface area (Å²) in [6, 6.07) is 12.0. The van der Waals surface area contributed by atoms with Crippen LogP contribution in [0.4, 0.5) is 0 Å². The molecule has 0 saturated carbocycles. The van der Waals surface area contributed by atoms with Crippen molar-refractivity contribution in [3.05, 3.63) is 65.2 Å². The first-order valence-corrected chi connectivity index (χ1v) is 6.85. The number of amides is 2. The van der Waals surface area contributed by atoms with Crippen LogP contribution in [-0.4, -0.2) is 40.4 Å². The van der Waals surface area contributed by atoms with Gasteiger partial charge in [0.1, 0.15) is 0 Å². The minimum absolute atomic E-state index is 0.205. The van der Waals surface area contributed by atoms with Gasteiger partial charge in [0.2, 0.25) is 0 Å². The Morgan fingerprint density at radius 3 is 2.21 bits per heavy atom. The van der Waals surface area contributed by atoms with Crippen molar-refractivity contribution in [2.75, 3.05) is 0 Å². The predicted octanol–water partition coefficient (Wildman–Crippen LogP) is -0.751. The number of hydrogen-bond donors (Lipinski definition) is 5. The van der Waals surface area contributed by atoms with E-state index in [9.17, 15) is 9.59 Å². The lowest BCUT2D eigenvalue weighted by atomic mass is 9.80. The van der Waals surface area contributed by atoms with Crippen LogP contribution in [-0.2, 0) is 0 Å². The SMILES string of the molecule is O=C(NO)c1ccc(C(=O)N/N=C/c2cccc(B(O)O)c2)cc1. The van der Waals surface area contributed by atoms with Crippen molar-refractivity contribution in [3.63, 3.8) is 0 Å². The van der Waals surface area contributed by atoms with Gasteiger partial charge in [-0.2, -0.15) is 5.10 Å². The molecule has 0 unspecified atom stereocenters. The Balaban J connectivity index is 2.00. The van der Waals surface area contributed by atoms with Crippen LogP contribution < -0.4 is 16.4 Å². The topological polar surface area (TPSA) is 131 Å². The van der Waals surface area contributed by atoms with Gasteiger partial charge in [-0.15, -0.1) is 0 Å². The van der Waals surface area contributed by atoms with Crippen molar-refractivity contribution in [3.8, 4) is 0 Å². The maximum Gasteiger partial charge on any atom is 0.488 e. The Hall–Kier alpha value is -3.01. The smallest absolute Gasteiger partial charge is 0.423 e. The van der Waals surface area contributed by atoms with Crippen LogP contribution in [0.3, 0.4) is 0 Å². The molecule has 0 fully saturated rings. The van der Waals surface area contributed by atoms with Crippen LogP contribution in [0.15, 0.2) is 53.6 Å². The lowest BCUT2D eigenvalue weighted by Gasteiger charge is -2.02. The van der Waals surface area contributed by atoms with Gasteiger partial charge in [0.25, 0.3) is 11.8 Å². The minimum atomic E-state index is -1.58. The number of carbonyl (C=O) groups is 2. The second-order valence-corrected chi connectivity index (χ2v) is 4.76. The van der Waals surface area contributed by atoms with E-state index in [0.29, 0.717) is 11.0 Å². The van der Waals surface area contributed by atoms with Crippen molar-refractivity contribution < 1.29 is 24.8 Å². The van der Waals surface area contributed by atoms with Crippen LogP contribution in [0, 0.1) is 0 Å². The van der Waals surface area contributed by atoms with Crippen molar-refractivity contribution in [1.29, 1.82) is 0 Å². The number of hydroxylamine groups is 1. The average Bonchev–Trinajstić information content (AvgIpc) is 2.61. The Kier molecular flexibility index (Phi) is 5.80. The van der Waals surface area contributed by atoms with Crippen molar-refractivity contribution in [1.82, 2.24) is 10.9 Å². The van der Waals surface area contributed by atoms with E-state index in [1.54, 1.807) is 18.2 Å². The molecule has 2 aromatic rings. The van der Waals surface area contributed by atoms with E-state index in [1.807, 2.05) is 0 Å². The largest absolute Gasteiger partial charge is 0.488 e. The zero-order valence-electron chi connectivity index (χ0n) is 12.4. The van der Waals surface area contributed by atoms with E-state index >= 15 is 0 Å². The number of nitrogens with zero attached hydrogens (tertiary/aromatic N) is 1. The summed E-state index contributed by atoms with van der Waals surface area (Å²) in [6.45, 7) is 0. The Morgan fingerprint density at radius 1 is 1.00 bits per heavy atom. The maximum atomic E-state index is 11.9. The van der Waals surface area contributed by atoms with Gasteiger partial charge in [-0.1, -0.05) is 24.3 Å². The minimum Gasteiger partial charge on any atom is -0.423 e. The molecule has 0 radical (unpaired) electrons. The van der Waals surface area contributed by atoms with Crippen LogP contribution in [0.25, 0.3) is 0 Å². The van der Waals surface area contributed by atoms with Crippen LogP contribution in [0.2, 0.25) is 0 Å². The number of hydrogen-bond acceptors (Lipinski definition) is 6. The molecule has 2 rings (SSSR count). The van der Waals surface area contributed by atoms with E-state index in [-0.39, 0.29) is 11.1 Å². The number of rotatable bonds is 5. The Bertz CT molecular complexity index is 762. The molecule has 0 aromatic heterocycles. The third kappa shape index (κ3) is 4.49. The van der Waals surface area contributed by atoms with Crippen LogP contribution >= 0.6 is 0 Å². The summed E-state index contributed by atoms with van der Waals surface area (Å²) in [5, 5.41) is 30.5. The summed E-state index contributed by atoms with van der Waals surface area (Å²) in [4.78, 5) is 23.1. The normalized spacial score (nSPS) is 10.5. The quantitative estimate of drug-likeness (QED) is 0.213. The molecule has 0 aliphatic heterocycles. The van der Waals surface area contributed by atoms with Crippen molar-refractivity contribution in [2.45, 2.75) is 0 Å². The van der Waals surface area contributed by atoms with Crippen molar-refractivity contribution >= 4 is 30.6 Å². The van der Waals surface area contributed by atoms with Gasteiger partial charge in [-0.05, 0) is 35.3 Å². The number of hydrazone groups is 1. The molecule has 2 aromatic carbocycles. The molecule has 8 nitrogen and oxygen atoms in total. The van der Waals surface area contributed by atoms with Gasteiger partial charge in [0.05, 0.1) is 6.21 Å². The molecule has 0 aliphatic rings. The van der Waals surface area contributed by atoms with E-state index in [4.69, 9.17) is 15.3 Å².